The van der Waals surface area contributed by atoms with E-state index in [0.717, 1.165) is 5.56 Å². The van der Waals surface area contributed by atoms with E-state index in [1.165, 1.54) is 6.07 Å². The minimum atomic E-state index is -1.21. The number of pyridine rings is 1. The van der Waals surface area contributed by atoms with Gasteiger partial charge in [-0.05, 0) is 23.8 Å². The molecule has 7 nitrogen and oxygen atoms in total. The predicted molar refractivity (Wildman–Crippen MR) is 100 cm³/mol. The van der Waals surface area contributed by atoms with Gasteiger partial charge in [-0.1, -0.05) is 25.1 Å². The molecule has 3 N–H and O–H groups in total. The zero-order chi connectivity index (χ0) is 19.4. The van der Waals surface area contributed by atoms with E-state index in [9.17, 15) is 18.4 Å². The molecule has 0 saturated heterocycles. The van der Waals surface area contributed by atoms with Crippen molar-refractivity contribution >= 4 is 29.2 Å². The predicted octanol–water partition coefficient (Wildman–Crippen LogP) is 3.55. The molecule has 3 aromatic rings. The van der Waals surface area contributed by atoms with Crippen LogP contribution < -0.4 is 10.6 Å². The van der Waals surface area contributed by atoms with Gasteiger partial charge in [0.1, 0.15) is 5.69 Å². The number of benzene rings is 1. The normalized spacial score (nSPS) is 10.1. The molecule has 2 amide bonds. The van der Waals surface area contributed by atoms with E-state index < -0.39 is 23.4 Å². The zero-order valence-electron chi connectivity index (χ0n) is 13.6. The van der Waals surface area contributed by atoms with E-state index in [0.29, 0.717) is 12.1 Å². The van der Waals surface area contributed by atoms with Crippen molar-refractivity contribution in [2.24, 2.45) is 0 Å². The topological polar surface area (TPSA) is 99.8 Å². The monoisotopic (exact) mass is 407 g/mol. The lowest BCUT2D eigenvalue weighted by Crippen LogP contribution is -2.23. The zero-order valence-corrected chi connectivity index (χ0v) is 14.3. The number of aromatic amines is 1. The van der Waals surface area contributed by atoms with Crippen LogP contribution in [0.4, 0.5) is 14.6 Å². The smallest absolute Gasteiger partial charge is 0.269 e. The minimum absolute atomic E-state index is 0. The first kappa shape index (κ1) is 21.0. The van der Waals surface area contributed by atoms with E-state index in [4.69, 9.17) is 11.6 Å². The molecule has 28 heavy (non-hydrogen) atoms. The lowest BCUT2D eigenvalue weighted by molar-refractivity contribution is 0.0945. The molecule has 0 saturated carbocycles. The van der Waals surface area contributed by atoms with Gasteiger partial charge in [0.05, 0.1) is 10.6 Å². The van der Waals surface area contributed by atoms with Gasteiger partial charge in [0.25, 0.3) is 11.8 Å². The number of nitrogens with zero attached hydrogens (tertiary/aromatic N) is 2. The lowest BCUT2D eigenvalue weighted by Gasteiger charge is -2.05. The third-order valence-electron chi connectivity index (χ3n) is 3.49. The van der Waals surface area contributed by atoms with E-state index in [1.807, 2.05) is 0 Å². The van der Waals surface area contributed by atoms with Crippen LogP contribution in [0.25, 0.3) is 0 Å². The number of aromatic nitrogens is 3. The van der Waals surface area contributed by atoms with Crippen LogP contribution >= 0.6 is 11.6 Å². The molecule has 0 fully saturated rings. The molecule has 1 aromatic carbocycles. The largest absolute Gasteiger partial charge is 0.347 e. The molecule has 146 valence electrons. The van der Waals surface area contributed by atoms with Crippen molar-refractivity contribution < 1.29 is 18.4 Å². The standard InChI is InChI=1S/C17H12ClF2N5O2.CH4/c18-11-5-13(20)12(19)4-10(11)16(26)23-15-6-14(24-25-15)17(27)22-8-9-2-1-3-21-7-9;/h1-7H,8H2,(H,22,27)(H2,23,24,25,26);1H4. The summed E-state index contributed by atoms with van der Waals surface area (Å²) in [6, 6.07) is 6.23. The number of hydrogen-bond acceptors (Lipinski definition) is 4. The number of halogens is 3. The third kappa shape index (κ3) is 4.89. The molecule has 0 radical (unpaired) electrons. The fourth-order valence-corrected chi connectivity index (χ4v) is 2.40. The Morgan fingerprint density at radius 3 is 2.61 bits per heavy atom. The average Bonchev–Trinajstić information content (AvgIpc) is 3.12. The molecule has 0 unspecified atom stereocenters. The summed E-state index contributed by atoms with van der Waals surface area (Å²) in [6.45, 7) is 0.262. The molecule has 2 aromatic heterocycles. The highest BCUT2D eigenvalue weighted by Gasteiger charge is 2.17. The van der Waals surface area contributed by atoms with Crippen LogP contribution in [0.1, 0.15) is 33.8 Å². The molecule has 0 spiro atoms. The van der Waals surface area contributed by atoms with Crippen molar-refractivity contribution in [3.63, 3.8) is 0 Å². The van der Waals surface area contributed by atoms with Crippen LogP contribution in [-0.2, 0) is 6.54 Å². The minimum Gasteiger partial charge on any atom is -0.347 e. The van der Waals surface area contributed by atoms with Crippen molar-refractivity contribution in [1.82, 2.24) is 20.5 Å². The van der Waals surface area contributed by atoms with Crippen LogP contribution in [0.3, 0.4) is 0 Å². The second-order valence-electron chi connectivity index (χ2n) is 5.41. The van der Waals surface area contributed by atoms with E-state index in [-0.39, 0.29) is 36.1 Å². The van der Waals surface area contributed by atoms with Gasteiger partial charge in [0.15, 0.2) is 17.5 Å². The molecule has 2 heterocycles. The van der Waals surface area contributed by atoms with Gasteiger partial charge in [-0.2, -0.15) is 5.10 Å². The maximum absolute atomic E-state index is 13.3. The van der Waals surface area contributed by atoms with Gasteiger partial charge >= 0.3 is 0 Å². The van der Waals surface area contributed by atoms with Crippen LogP contribution in [0.5, 0.6) is 0 Å². The first-order chi connectivity index (χ1) is 12.9. The van der Waals surface area contributed by atoms with Gasteiger partial charge in [-0.3, -0.25) is 19.7 Å². The summed E-state index contributed by atoms with van der Waals surface area (Å²) in [6.07, 6.45) is 3.23. The number of hydrogen-bond donors (Lipinski definition) is 3. The average molecular weight is 408 g/mol. The number of amides is 2. The highest BCUT2D eigenvalue weighted by atomic mass is 35.5. The van der Waals surface area contributed by atoms with Crippen LogP contribution in [0.15, 0.2) is 42.7 Å². The number of rotatable bonds is 5. The van der Waals surface area contributed by atoms with Gasteiger partial charge in [-0.25, -0.2) is 8.78 Å². The first-order valence-corrected chi connectivity index (χ1v) is 8.00. The van der Waals surface area contributed by atoms with Crippen LogP contribution in [0.2, 0.25) is 5.02 Å². The van der Waals surface area contributed by atoms with Crippen molar-refractivity contribution in [3.05, 3.63) is 76.2 Å². The number of H-pyrrole nitrogens is 1. The molecule has 3 rings (SSSR count). The summed E-state index contributed by atoms with van der Waals surface area (Å²) in [4.78, 5) is 28.2. The molecule has 0 atom stereocenters. The molecular formula is C18H16ClF2N5O2. The number of anilines is 1. The van der Waals surface area contributed by atoms with Crippen molar-refractivity contribution in [2.45, 2.75) is 14.0 Å². The first-order valence-electron chi connectivity index (χ1n) is 7.62. The Balaban J connectivity index is 0.00000280. The van der Waals surface area contributed by atoms with Crippen LogP contribution in [-0.4, -0.2) is 27.0 Å². The van der Waals surface area contributed by atoms with E-state index >= 15 is 0 Å². The Labute approximate surface area is 164 Å². The second kappa shape index (κ2) is 9.05. The fourth-order valence-electron chi connectivity index (χ4n) is 2.16. The molecule has 0 bridgehead atoms. The quantitative estimate of drug-likeness (QED) is 0.563. The maximum Gasteiger partial charge on any atom is 0.269 e. The van der Waals surface area contributed by atoms with Gasteiger partial charge in [0.2, 0.25) is 0 Å². The summed E-state index contributed by atoms with van der Waals surface area (Å²) in [5, 5.41) is 11.0. The number of nitrogens with one attached hydrogen (secondary N) is 3. The molecule has 0 aliphatic carbocycles. The summed E-state index contributed by atoms with van der Waals surface area (Å²) < 4.78 is 26.4. The SMILES string of the molecule is C.O=C(NCc1cccnc1)c1cc(NC(=O)c2cc(F)c(F)cc2Cl)n[nH]1. The van der Waals surface area contributed by atoms with Crippen LogP contribution in [0, 0.1) is 11.6 Å². The Morgan fingerprint density at radius 2 is 1.89 bits per heavy atom. The van der Waals surface area contributed by atoms with E-state index in [2.05, 4.69) is 25.8 Å². The highest BCUT2D eigenvalue weighted by Crippen LogP contribution is 2.21. The Kier molecular flexibility index (Phi) is 6.78. The van der Waals surface area contributed by atoms with Gasteiger partial charge < -0.3 is 10.6 Å². The number of carbonyl (C=O) groups is 2. The summed E-state index contributed by atoms with van der Waals surface area (Å²) in [5.41, 5.74) is 0.651. The number of carbonyl (C=O) groups excluding carboxylic acids is 2. The second-order valence-corrected chi connectivity index (χ2v) is 5.82. The Hall–Kier alpha value is -3.33. The molecule has 0 aliphatic rings. The molecule has 0 aliphatic heterocycles. The molecular weight excluding hydrogens is 392 g/mol. The highest BCUT2D eigenvalue weighted by molar-refractivity contribution is 6.34. The van der Waals surface area contributed by atoms with Crippen molar-refractivity contribution in [1.29, 1.82) is 0 Å². The Morgan fingerprint density at radius 1 is 1.14 bits per heavy atom. The lowest BCUT2D eigenvalue weighted by atomic mass is 10.2. The summed E-state index contributed by atoms with van der Waals surface area (Å²) in [5.74, 6) is -3.59. The van der Waals surface area contributed by atoms with Crippen molar-refractivity contribution in [2.75, 3.05) is 5.32 Å². The van der Waals surface area contributed by atoms with Gasteiger partial charge in [0, 0.05) is 25.0 Å². The molecule has 10 heteroatoms. The third-order valence-corrected chi connectivity index (χ3v) is 3.81. The van der Waals surface area contributed by atoms with E-state index in [1.54, 1.807) is 24.5 Å². The summed E-state index contributed by atoms with van der Waals surface area (Å²) in [7, 11) is 0. The van der Waals surface area contributed by atoms with Crippen molar-refractivity contribution in [3.8, 4) is 0 Å². The fraction of sp³-hybridized carbons (Fsp3) is 0.111. The Bertz CT molecular complexity index is 995. The summed E-state index contributed by atoms with van der Waals surface area (Å²) >= 11 is 5.75. The van der Waals surface area contributed by atoms with Gasteiger partial charge in [-0.15, -0.1) is 0 Å². The maximum atomic E-state index is 13.3.